The summed E-state index contributed by atoms with van der Waals surface area (Å²) in [7, 11) is 0. The Morgan fingerprint density at radius 1 is 1.47 bits per heavy atom. The van der Waals surface area contributed by atoms with Crippen molar-refractivity contribution in [2.24, 2.45) is 0 Å². The lowest BCUT2D eigenvalue weighted by Crippen LogP contribution is -2.39. The zero-order valence-corrected chi connectivity index (χ0v) is 10.4. The molecule has 4 heteroatoms. The van der Waals surface area contributed by atoms with Gasteiger partial charge in [-0.05, 0) is 18.2 Å². The number of rotatable bonds is 1. The lowest BCUT2D eigenvalue weighted by molar-refractivity contribution is -0.130. The average Bonchev–Trinajstić information content (AvgIpc) is 2.53. The number of halogens is 1. The van der Waals surface area contributed by atoms with E-state index in [1.807, 2.05) is 0 Å². The largest absolute Gasteiger partial charge is 0.366 e. The molecule has 1 aliphatic heterocycles. The van der Waals surface area contributed by atoms with Gasteiger partial charge in [-0.3, -0.25) is 9.69 Å². The Morgan fingerprint density at radius 3 is 2.76 bits per heavy atom. The highest BCUT2D eigenvalue weighted by molar-refractivity contribution is 9.10. The molecular formula is C13H8BrNO2. The fraction of sp³-hybridized carbons (Fsp3) is 0.154. The summed E-state index contributed by atoms with van der Waals surface area (Å²) < 4.78 is 0.736. The SMILES string of the molecule is C#CCN1C(=O)C(O)(C#C)c2cc(Br)ccc21. The number of benzene rings is 1. The summed E-state index contributed by atoms with van der Waals surface area (Å²) in [5.41, 5.74) is -0.984. The summed E-state index contributed by atoms with van der Waals surface area (Å²) in [5, 5.41) is 10.2. The van der Waals surface area contributed by atoms with E-state index in [0.29, 0.717) is 11.3 Å². The molecule has 0 aromatic heterocycles. The van der Waals surface area contributed by atoms with E-state index in [1.54, 1.807) is 18.2 Å². The van der Waals surface area contributed by atoms with Gasteiger partial charge in [0.2, 0.25) is 5.60 Å². The molecule has 0 fully saturated rings. The van der Waals surface area contributed by atoms with E-state index in [0.717, 1.165) is 4.47 Å². The molecule has 1 unspecified atom stereocenters. The maximum absolute atomic E-state index is 12.0. The Labute approximate surface area is 108 Å². The minimum atomic E-state index is -1.92. The molecule has 1 amide bonds. The predicted octanol–water partition coefficient (Wildman–Crippen LogP) is 1.25. The molecule has 3 nitrogen and oxygen atoms in total. The van der Waals surface area contributed by atoms with Gasteiger partial charge in [0.25, 0.3) is 5.91 Å². The van der Waals surface area contributed by atoms with E-state index in [4.69, 9.17) is 12.8 Å². The van der Waals surface area contributed by atoms with E-state index < -0.39 is 11.5 Å². The van der Waals surface area contributed by atoms with Crippen LogP contribution in [0, 0.1) is 24.7 Å². The molecule has 0 spiro atoms. The first-order valence-electron chi connectivity index (χ1n) is 4.80. The summed E-state index contributed by atoms with van der Waals surface area (Å²) in [6.45, 7) is 0.0808. The van der Waals surface area contributed by atoms with E-state index in [-0.39, 0.29) is 6.54 Å². The molecule has 84 valence electrons. The molecule has 1 N–H and O–H groups in total. The van der Waals surface area contributed by atoms with Gasteiger partial charge in [0.05, 0.1) is 12.2 Å². The Balaban J connectivity index is 2.68. The molecule has 2 rings (SSSR count). The standard InChI is InChI=1S/C13H8BrNO2/c1-3-7-15-11-6-5-9(14)8-10(11)13(17,4-2)12(15)16/h1-2,5-6,8,17H,7H2. The lowest BCUT2D eigenvalue weighted by atomic mass is 9.97. The number of terminal acetylenes is 2. The molecule has 1 aromatic carbocycles. The number of amides is 1. The first-order valence-corrected chi connectivity index (χ1v) is 5.59. The van der Waals surface area contributed by atoms with Crippen molar-refractivity contribution < 1.29 is 9.90 Å². The van der Waals surface area contributed by atoms with Crippen LogP contribution in [-0.4, -0.2) is 17.6 Å². The molecule has 1 aliphatic rings. The number of aliphatic hydroxyl groups is 1. The normalized spacial score (nSPS) is 21.9. The van der Waals surface area contributed by atoms with Crippen molar-refractivity contribution in [3.05, 3.63) is 28.2 Å². The van der Waals surface area contributed by atoms with Gasteiger partial charge < -0.3 is 5.11 Å². The van der Waals surface area contributed by atoms with Gasteiger partial charge in [-0.2, -0.15) is 0 Å². The third-order valence-corrected chi connectivity index (χ3v) is 3.15. The van der Waals surface area contributed by atoms with Crippen LogP contribution in [0.4, 0.5) is 5.69 Å². The topological polar surface area (TPSA) is 40.5 Å². The summed E-state index contributed by atoms with van der Waals surface area (Å²) in [6, 6.07) is 5.09. The molecule has 1 aromatic rings. The average molecular weight is 290 g/mol. The van der Waals surface area contributed by atoms with Gasteiger partial charge in [0.1, 0.15) is 0 Å². The van der Waals surface area contributed by atoms with Gasteiger partial charge >= 0.3 is 0 Å². The second-order valence-electron chi connectivity index (χ2n) is 3.61. The van der Waals surface area contributed by atoms with Crippen LogP contribution in [0.3, 0.4) is 0 Å². The predicted molar refractivity (Wildman–Crippen MR) is 68.1 cm³/mol. The van der Waals surface area contributed by atoms with Gasteiger partial charge in [0, 0.05) is 10.0 Å². The highest BCUT2D eigenvalue weighted by Crippen LogP contribution is 2.41. The Morgan fingerprint density at radius 2 is 2.18 bits per heavy atom. The lowest BCUT2D eigenvalue weighted by Gasteiger charge is -2.16. The van der Waals surface area contributed by atoms with Crippen molar-refractivity contribution in [1.82, 2.24) is 0 Å². The number of hydrogen-bond donors (Lipinski definition) is 1. The zero-order valence-electron chi connectivity index (χ0n) is 8.77. The van der Waals surface area contributed by atoms with E-state index in [9.17, 15) is 9.90 Å². The second kappa shape index (κ2) is 3.92. The molecule has 17 heavy (non-hydrogen) atoms. The number of hydrogen-bond acceptors (Lipinski definition) is 2. The van der Waals surface area contributed by atoms with Crippen molar-refractivity contribution >= 4 is 27.5 Å². The molecule has 1 heterocycles. The van der Waals surface area contributed by atoms with Crippen LogP contribution in [0.2, 0.25) is 0 Å². The van der Waals surface area contributed by atoms with Crippen molar-refractivity contribution in [2.45, 2.75) is 5.60 Å². The fourth-order valence-electron chi connectivity index (χ4n) is 1.84. The van der Waals surface area contributed by atoms with Crippen LogP contribution in [-0.2, 0) is 10.4 Å². The van der Waals surface area contributed by atoms with Crippen LogP contribution in [0.15, 0.2) is 22.7 Å². The summed E-state index contributed by atoms with van der Waals surface area (Å²) in [5.74, 6) is 3.93. The third kappa shape index (κ3) is 1.54. The van der Waals surface area contributed by atoms with Crippen LogP contribution in [0.1, 0.15) is 5.56 Å². The Bertz CT molecular complexity index is 582. The molecule has 0 saturated carbocycles. The van der Waals surface area contributed by atoms with Crippen molar-refractivity contribution in [3.8, 4) is 24.7 Å². The first kappa shape index (κ1) is 11.7. The van der Waals surface area contributed by atoms with E-state index in [1.165, 1.54) is 4.90 Å². The number of carbonyl (C=O) groups is 1. The van der Waals surface area contributed by atoms with Gasteiger partial charge in [-0.1, -0.05) is 27.8 Å². The first-order chi connectivity index (χ1) is 8.04. The highest BCUT2D eigenvalue weighted by atomic mass is 79.9. The number of anilines is 1. The smallest absolute Gasteiger partial charge is 0.277 e. The molecular weight excluding hydrogens is 282 g/mol. The molecule has 0 aliphatic carbocycles. The van der Waals surface area contributed by atoms with Crippen LogP contribution in [0.5, 0.6) is 0 Å². The van der Waals surface area contributed by atoms with Gasteiger partial charge in [-0.25, -0.2) is 0 Å². The van der Waals surface area contributed by atoms with Crippen molar-refractivity contribution in [1.29, 1.82) is 0 Å². The van der Waals surface area contributed by atoms with E-state index in [2.05, 4.69) is 27.8 Å². The van der Waals surface area contributed by atoms with Crippen LogP contribution in [0.25, 0.3) is 0 Å². The maximum atomic E-state index is 12.0. The second-order valence-corrected chi connectivity index (χ2v) is 4.53. The van der Waals surface area contributed by atoms with Crippen molar-refractivity contribution in [2.75, 3.05) is 11.4 Å². The molecule has 1 atom stereocenters. The zero-order chi connectivity index (χ0) is 12.6. The quantitative estimate of drug-likeness (QED) is 0.791. The number of carbonyl (C=O) groups excluding carboxylic acids is 1. The molecule has 0 bridgehead atoms. The summed E-state index contributed by atoms with van der Waals surface area (Å²) in [6.07, 6.45) is 10.5. The Hall–Kier alpha value is -1.75. The minimum Gasteiger partial charge on any atom is -0.366 e. The maximum Gasteiger partial charge on any atom is 0.277 e. The molecule has 0 radical (unpaired) electrons. The summed E-state index contributed by atoms with van der Waals surface area (Å²) in [4.78, 5) is 13.3. The van der Waals surface area contributed by atoms with Gasteiger partial charge in [0.15, 0.2) is 0 Å². The molecule has 0 saturated heterocycles. The third-order valence-electron chi connectivity index (χ3n) is 2.65. The number of fused-ring (bicyclic) bond motifs is 1. The van der Waals surface area contributed by atoms with Crippen LogP contribution < -0.4 is 4.90 Å². The van der Waals surface area contributed by atoms with Crippen molar-refractivity contribution in [3.63, 3.8) is 0 Å². The summed E-state index contributed by atoms with van der Waals surface area (Å²) >= 11 is 3.27. The minimum absolute atomic E-state index is 0.0808. The Kier molecular flexibility index (Phi) is 2.71. The van der Waals surface area contributed by atoms with Gasteiger partial charge in [-0.15, -0.1) is 12.8 Å². The monoisotopic (exact) mass is 289 g/mol. The van der Waals surface area contributed by atoms with Crippen LogP contribution >= 0.6 is 15.9 Å². The fourth-order valence-corrected chi connectivity index (χ4v) is 2.20. The van der Waals surface area contributed by atoms with E-state index >= 15 is 0 Å². The highest BCUT2D eigenvalue weighted by Gasteiger charge is 2.48. The number of nitrogens with zero attached hydrogens (tertiary/aromatic N) is 1.